The zero-order chi connectivity index (χ0) is 17.8. The van der Waals surface area contributed by atoms with Crippen molar-refractivity contribution in [2.75, 3.05) is 5.32 Å². The molecular formula is C16H13FN4O3S. The number of carbonyl (C=O) groups excluding carboxylic acids is 2. The highest BCUT2D eigenvalue weighted by Crippen LogP contribution is 2.26. The van der Waals surface area contributed by atoms with Gasteiger partial charge in [-0.3, -0.25) is 19.5 Å². The SMILES string of the molecule is O=C(Cn1ccc(-c2ccc(C(=O)NO)s2)n1)Nc1ccccc1F. The van der Waals surface area contributed by atoms with E-state index in [1.54, 1.807) is 35.9 Å². The third-order valence-corrected chi connectivity index (χ3v) is 4.38. The molecule has 0 aliphatic carbocycles. The predicted molar refractivity (Wildman–Crippen MR) is 89.8 cm³/mol. The third kappa shape index (κ3) is 3.90. The number of thiophene rings is 1. The smallest absolute Gasteiger partial charge is 0.284 e. The summed E-state index contributed by atoms with van der Waals surface area (Å²) in [6, 6.07) is 10.9. The van der Waals surface area contributed by atoms with Gasteiger partial charge in [0.15, 0.2) is 0 Å². The maximum atomic E-state index is 13.5. The van der Waals surface area contributed by atoms with E-state index < -0.39 is 17.6 Å². The average molecular weight is 360 g/mol. The summed E-state index contributed by atoms with van der Waals surface area (Å²) in [5.74, 6) is -1.52. The lowest BCUT2D eigenvalue weighted by Gasteiger charge is -2.06. The Bertz CT molecular complexity index is 922. The predicted octanol–water partition coefficient (Wildman–Crippen LogP) is 2.51. The largest absolute Gasteiger partial charge is 0.322 e. The van der Waals surface area contributed by atoms with Crippen LogP contribution in [-0.2, 0) is 11.3 Å². The van der Waals surface area contributed by atoms with Crippen LogP contribution in [-0.4, -0.2) is 26.8 Å². The molecule has 2 amide bonds. The van der Waals surface area contributed by atoms with Gasteiger partial charge in [-0.2, -0.15) is 5.10 Å². The maximum Gasteiger partial charge on any atom is 0.284 e. The fourth-order valence-electron chi connectivity index (χ4n) is 2.13. The van der Waals surface area contributed by atoms with Gasteiger partial charge in [0.2, 0.25) is 5.91 Å². The second-order valence-corrected chi connectivity index (χ2v) is 6.12. The highest BCUT2D eigenvalue weighted by Gasteiger charge is 2.12. The number of carbonyl (C=O) groups is 2. The number of hydrogen-bond acceptors (Lipinski definition) is 5. The van der Waals surface area contributed by atoms with Crippen LogP contribution in [0.2, 0.25) is 0 Å². The number of aromatic nitrogens is 2. The molecule has 1 aromatic carbocycles. The molecule has 2 aromatic heterocycles. The number of benzene rings is 1. The van der Waals surface area contributed by atoms with Gasteiger partial charge >= 0.3 is 0 Å². The van der Waals surface area contributed by atoms with E-state index in [2.05, 4.69) is 10.4 Å². The molecule has 0 aliphatic heterocycles. The Morgan fingerprint density at radius 2 is 2.00 bits per heavy atom. The first-order chi connectivity index (χ1) is 12.1. The minimum atomic E-state index is -0.597. The van der Waals surface area contributed by atoms with Crippen LogP contribution in [0.3, 0.4) is 0 Å². The summed E-state index contributed by atoms with van der Waals surface area (Å²) in [7, 11) is 0. The lowest BCUT2D eigenvalue weighted by Crippen LogP contribution is -2.19. The van der Waals surface area contributed by atoms with Crippen LogP contribution in [0.5, 0.6) is 0 Å². The Morgan fingerprint density at radius 1 is 1.20 bits per heavy atom. The molecule has 2 heterocycles. The lowest BCUT2D eigenvalue weighted by molar-refractivity contribution is -0.116. The number of nitrogens with zero attached hydrogens (tertiary/aromatic N) is 2. The van der Waals surface area contributed by atoms with E-state index in [1.165, 1.54) is 22.9 Å². The van der Waals surface area contributed by atoms with Gasteiger partial charge in [-0.05, 0) is 30.3 Å². The van der Waals surface area contributed by atoms with Gasteiger partial charge in [-0.1, -0.05) is 12.1 Å². The van der Waals surface area contributed by atoms with Crippen molar-refractivity contribution in [1.82, 2.24) is 15.3 Å². The lowest BCUT2D eigenvalue weighted by atomic mass is 10.3. The first kappa shape index (κ1) is 16.8. The molecule has 9 heteroatoms. The zero-order valence-corrected chi connectivity index (χ0v) is 13.6. The van der Waals surface area contributed by atoms with Gasteiger partial charge in [-0.15, -0.1) is 11.3 Å². The van der Waals surface area contributed by atoms with E-state index >= 15 is 0 Å². The molecular weight excluding hydrogens is 347 g/mol. The van der Waals surface area contributed by atoms with Crippen LogP contribution in [0.1, 0.15) is 9.67 Å². The molecule has 0 atom stereocenters. The second-order valence-electron chi connectivity index (χ2n) is 5.03. The maximum absolute atomic E-state index is 13.5. The molecule has 0 radical (unpaired) electrons. The number of rotatable bonds is 5. The van der Waals surface area contributed by atoms with E-state index in [1.807, 2.05) is 0 Å². The zero-order valence-electron chi connectivity index (χ0n) is 12.8. The molecule has 7 nitrogen and oxygen atoms in total. The van der Waals surface area contributed by atoms with Crippen molar-refractivity contribution >= 4 is 28.8 Å². The summed E-state index contributed by atoms with van der Waals surface area (Å²) in [6.07, 6.45) is 1.61. The molecule has 0 spiro atoms. The number of hydroxylamine groups is 1. The van der Waals surface area contributed by atoms with Crippen LogP contribution in [0.4, 0.5) is 10.1 Å². The van der Waals surface area contributed by atoms with Crippen LogP contribution in [0.15, 0.2) is 48.7 Å². The normalized spacial score (nSPS) is 10.5. The standard InChI is InChI=1S/C16H13FN4O3S/c17-10-3-1-2-4-11(10)18-15(22)9-21-8-7-12(19-21)13-5-6-14(25-13)16(23)20-24/h1-8,24H,9H2,(H,18,22)(H,20,23). The summed E-state index contributed by atoms with van der Waals surface area (Å²) < 4.78 is 14.9. The minimum Gasteiger partial charge on any atom is -0.322 e. The molecule has 25 heavy (non-hydrogen) atoms. The van der Waals surface area contributed by atoms with Crippen molar-refractivity contribution in [3.63, 3.8) is 0 Å². The Balaban J connectivity index is 1.67. The molecule has 0 saturated carbocycles. The Hall–Kier alpha value is -3.04. The first-order valence-electron chi connectivity index (χ1n) is 7.19. The molecule has 3 aromatic rings. The van der Waals surface area contributed by atoms with Gasteiger partial charge in [0.05, 0.1) is 15.4 Å². The number of nitrogens with one attached hydrogen (secondary N) is 2. The molecule has 3 rings (SSSR count). The highest BCUT2D eigenvalue weighted by atomic mass is 32.1. The average Bonchev–Trinajstić information content (AvgIpc) is 3.25. The van der Waals surface area contributed by atoms with Crippen LogP contribution in [0, 0.1) is 5.82 Å². The van der Waals surface area contributed by atoms with E-state index in [-0.39, 0.29) is 12.2 Å². The van der Waals surface area contributed by atoms with Crippen molar-refractivity contribution in [2.45, 2.75) is 6.54 Å². The van der Waals surface area contributed by atoms with E-state index in [0.29, 0.717) is 15.4 Å². The van der Waals surface area contributed by atoms with Gasteiger partial charge in [-0.25, -0.2) is 9.87 Å². The number of hydrogen-bond donors (Lipinski definition) is 3. The van der Waals surface area contributed by atoms with Gasteiger partial charge in [0.1, 0.15) is 18.1 Å². The van der Waals surface area contributed by atoms with Crippen LogP contribution in [0.25, 0.3) is 10.6 Å². The van der Waals surface area contributed by atoms with E-state index in [4.69, 9.17) is 5.21 Å². The van der Waals surface area contributed by atoms with Gasteiger partial charge < -0.3 is 5.32 Å². The summed E-state index contributed by atoms with van der Waals surface area (Å²) in [6.45, 7) is -0.0797. The Kier molecular flexibility index (Phi) is 4.87. The number of anilines is 1. The molecule has 3 N–H and O–H groups in total. The van der Waals surface area contributed by atoms with Crippen molar-refractivity contribution in [3.05, 3.63) is 59.4 Å². The number of amides is 2. The van der Waals surface area contributed by atoms with Crippen molar-refractivity contribution in [1.29, 1.82) is 0 Å². The second kappa shape index (κ2) is 7.24. The molecule has 0 bridgehead atoms. The molecule has 0 unspecified atom stereocenters. The Labute approximate surface area is 145 Å². The van der Waals surface area contributed by atoms with Gasteiger partial charge in [0, 0.05) is 6.20 Å². The highest BCUT2D eigenvalue weighted by molar-refractivity contribution is 7.17. The summed E-state index contributed by atoms with van der Waals surface area (Å²) in [5.41, 5.74) is 2.26. The minimum absolute atomic E-state index is 0.0797. The van der Waals surface area contributed by atoms with Crippen molar-refractivity contribution in [3.8, 4) is 10.6 Å². The van der Waals surface area contributed by atoms with E-state index in [9.17, 15) is 14.0 Å². The van der Waals surface area contributed by atoms with Crippen LogP contribution < -0.4 is 10.8 Å². The summed E-state index contributed by atoms with van der Waals surface area (Å²) in [5, 5.41) is 15.4. The van der Waals surface area contributed by atoms with E-state index in [0.717, 1.165) is 11.3 Å². The number of halogens is 1. The molecule has 128 valence electrons. The molecule has 0 saturated heterocycles. The first-order valence-corrected chi connectivity index (χ1v) is 8.01. The fourth-order valence-corrected chi connectivity index (χ4v) is 2.99. The quantitative estimate of drug-likeness (QED) is 0.481. The molecule has 0 fully saturated rings. The van der Waals surface area contributed by atoms with Crippen LogP contribution >= 0.6 is 11.3 Å². The Morgan fingerprint density at radius 3 is 2.76 bits per heavy atom. The molecule has 0 aliphatic rings. The number of para-hydroxylation sites is 1. The summed E-state index contributed by atoms with van der Waals surface area (Å²) >= 11 is 1.16. The van der Waals surface area contributed by atoms with Gasteiger partial charge in [0.25, 0.3) is 5.91 Å². The summed E-state index contributed by atoms with van der Waals surface area (Å²) in [4.78, 5) is 24.4. The van der Waals surface area contributed by atoms with Crippen molar-refractivity contribution in [2.24, 2.45) is 0 Å². The van der Waals surface area contributed by atoms with Crippen molar-refractivity contribution < 1.29 is 19.2 Å². The monoisotopic (exact) mass is 360 g/mol. The fraction of sp³-hybridized carbons (Fsp3) is 0.0625. The third-order valence-electron chi connectivity index (χ3n) is 3.28. The topological polar surface area (TPSA) is 96.2 Å².